The third kappa shape index (κ3) is 5.60. The lowest BCUT2D eigenvalue weighted by Crippen LogP contribution is -2.48. The van der Waals surface area contributed by atoms with Crippen LogP contribution in [-0.4, -0.2) is 50.3 Å². The summed E-state index contributed by atoms with van der Waals surface area (Å²) < 4.78 is 71.9. The molecule has 3 aromatic rings. The molecule has 1 aromatic heterocycles. The zero-order chi connectivity index (χ0) is 24.3. The maximum Gasteiger partial charge on any atom is 0.416 e. The summed E-state index contributed by atoms with van der Waals surface area (Å²) in [5.41, 5.74) is -1.01. The maximum absolute atomic E-state index is 13.0. The molecule has 2 heterocycles. The maximum atomic E-state index is 13.0. The van der Waals surface area contributed by atoms with Gasteiger partial charge in [-0.15, -0.1) is 0 Å². The van der Waals surface area contributed by atoms with Crippen molar-refractivity contribution >= 4 is 21.6 Å². The largest absolute Gasteiger partial charge is 0.468 e. The third-order valence-electron chi connectivity index (χ3n) is 5.45. The van der Waals surface area contributed by atoms with E-state index in [4.69, 9.17) is 4.42 Å². The van der Waals surface area contributed by atoms with Gasteiger partial charge in [0, 0.05) is 37.4 Å². The summed E-state index contributed by atoms with van der Waals surface area (Å²) in [7, 11) is -4.21. The van der Waals surface area contributed by atoms with Gasteiger partial charge >= 0.3 is 6.18 Å². The van der Waals surface area contributed by atoms with Crippen LogP contribution < -0.4 is 4.72 Å². The number of carbonyl (C=O) groups excluding carboxylic acids is 1. The molecule has 0 saturated carbocycles. The van der Waals surface area contributed by atoms with Crippen LogP contribution in [0.1, 0.15) is 21.7 Å². The molecular formula is C23H22F3N3O4S. The Balaban J connectivity index is 1.43. The zero-order valence-corrected chi connectivity index (χ0v) is 18.8. The highest BCUT2D eigenvalue weighted by Crippen LogP contribution is 2.31. The van der Waals surface area contributed by atoms with Crippen molar-refractivity contribution in [2.75, 3.05) is 30.9 Å². The summed E-state index contributed by atoms with van der Waals surface area (Å²) >= 11 is 0. The predicted molar refractivity (Wildman–Crippen MR) is 119 cm³/mol. The molecule has 1 aliphatic rings. The number of carbonyl (C=O) groups is 1. The van der Waals surface area contributed by atoms with E-state index >= 15 is 0 Å². The number of halogens is 3. The van der Waals surface area contributed by atoms with Crippen molar-refractivity contribution in [3.63, 3.8) is 0 Å². The first-order valence-electron chi connectivity index (χ1n) is 10.5. The van der Waals surface area contributed by atoms with E-state index in [0.717, 1.165) is 24.0 Å². The summed E-state index contributed by atoms with van der Waals surface area (Å²) in [6, 6.07) is 13.1. The second-order valence-corrected chi connectivity index (χ2v) is 9.54. The second kappa shape index (κ2) is 9.51. The minimum absolute atomic E-state index is 0.186. The molecule has 4 rings (SSSR count). The number of amides is 1. The molecule has 0 radical (unpaired) electrons. The van der Waals surface area contributed by atoms with Gasteiger partial charge in [-0.3, -0.25) is 14.4 Å². The van der Waals surface area contributed by atoms with Crippen LogP contribution in [0.3, 0.4) is 0 Å². The van der Waals surface area contributed by atoms with E-state index in [2.05, 4.69) is 9.62 Å². The Kier molecular flexibility index (Phi) is 6.67. The minimum Gasteiger partial charge on any atom is -0.468 e. The number of alkyl halides is 3. The molecule has 0 unspecified atom stereocenters. The highest BCUT2D eigenvalue weighted by atomic mass is 32.2. The van der Waals surface area contributed by atoms with Crippen LogP contribution in [0.25, 0.3) is 0 Å². The summed E-state index contributed by atoms with van der Waals surface area (Å²) in [4.78, 5) is 16.5. The number of hydrogen-bond acceptors (Lipinski definition) is 5. The molecule has 180 valence electrons. The van der Waals surface area contributed by atoms with E-state index in [1.54, 1.807) is 11.2 Å². The summed E-state index contributed by atoms with van der Waals surface area (Å²) in [6.45, 7) is 2.87. The lowest BCUT2D eigenvalue weighted by atomic mass is 10.2. The van der Waals surface area contributed by atoms with Crippen LogP contribution >= 0.6 is 0 Å². The van der Waals surface area contributed by atoms with Gasteiger partial charge < -0.3 is 9.32 Å². The van der Waals surface area contributed by atoms with Gasteiger partial charge in [-0.2, -0.15) is 13.2 Å². The quantitative estimate of drug-likeness (QED) is 0.560. The molecule has 0 atom stereocenters. The van der Waals surface area contributed by atoms with Gasteiger partial charge in [0.25, 0.3) is 15.9 Å². The van der Waals surface area contributed by atoms with E-state index in [9.17, 15) is 26.4 Å². The number of piperazine rings is 1. The SMILES string of the molecule is O=C(c1cccc(S(=O)(=O)Nc2cccc(C(F)(F)F)c2)c1)N1CCN(Cc2ccco2)CC1. The normalized spacial score (nSPS) is 15.3. The van der Waals surface area contributed by atoms with Crippen LogP contribution in [0.4, 0.5) is 18.9 Å². The van der Waals surface area contributed by atoms with Crippen molar-refractivity contribution in [1.29, 1.82) is 0 Å². The van der Waals surface area contributed by atoms with Gasteiger partial charge in [-0.05, 0) is 48.5 Å². The highest BCUT2D eigenvalue weighted by Gasteiger charge is 2.31. The Morgan fingerprint density at radius 2 is 1.71 bits per heavy atom. The molecule has 11 heteroatoms. The van der Waals surface area contributed by atoms with Gasteiger partial charge in [-0.1, -0.05) is 12.1 Å². The van der Waals surface area contributed by atoms with E-state index < -0.39 is 21.8 Å². The molecule has 0 aliphatic carbocycles. The lowest BCUT2D eigenvalue weighted by molar-refractivity contribution is -0.137. The highest BCUT2D eigenvalue weighted by molar-refractivity contribution is 7.92. The van der Waals surface area contributed by atoms with E-state index in [1.807, 2.05) is 12.1 Å². The van der Waals surface area contributed by atoms with Gasteiger partial charge in [-0.25, -0.2) is 8.42 Å². The standard InChI is InChI=1S/C23H22F3N3O4S/c24-23(25,26)18-5-2-6-19(15-18)27-34(31,32)21-8-1-4-17(14-21)22(30)29-11-9-28(10-12-29)16-20-7-3-13-33-20/h1-8,13-15,27H,9-12,16H2. The van der Waals surface area contributed by atoms with Crippen LogP contribution in [0.5, 0.6) is 0 Å². The van der Waals surface area contributed by atoms with Crippen molar-refractivity contribution in [3.05, 3.63) is 83.8 Å². The molecule has 0 bridgehead atoms. The third-order valence-corrected chi connectivity index (χ3v) is 6.83. The van der Waals surface area contributed by atoms with E-state index in [0.29, 0.717) is 32.7 Å². The van der Waals surface area contributed by atoms with Crippen LogP contribution in [0, 0.1) is 0 Å². The first-order valence-corrected chi connectivity index (χ1v) is 11.9. The Morgan fingerprint density at radius 1 is 0.971 bits per heavy atom. The number of hydrogen-bond donors (Lipinski definition) is 1. The molecule has 34 heavy (non-hydrogen) atoms. The molecule has 1 amide bonds. The number of furan rings is 1. The average Bonchev–Trinajstić information content (AvgIpc) is 3.32. The van der Waals surface area contributed by atoms with Crippen molar-refractivity contribution < 1.29 is 30.8 Å². The fourth-order valence-electron chi connectivity index (χ4n) is 3.68. The van der Waals surface area contributed by atoms with E-state index in [-0.39, 0.29) is 22.1 Å². The summed E-state index contributed by atoms with van der Waals surface area (Å²) in [5.74, 6) is 0.528. The van der Waals surface area contributed by atoms with Gasteiger partial charge in [0.15, 0.2) is 0 Å². The Hall–Kier alpha value is -3.31. The van der Waals surface area contributed by atoms with Crippen molar-refractivity contribution in [3.8, 4) is 0 Å². The Labute approximate surface area is 194 Å². The number of benzene rings is 2. The van der Waals surface area contributed by atoms with Crippen molar-refractivity contribution in [2.24, 2.45) is 0 Å². The fourth-order valence-corrected chi connectivity index (χ4v) is 4.78. The Morgan fingerprint density at radius 3 is 2.38 bits per heavy atom. The first-order chi connectivity index (χ1) is 16.1. The van der Waals surface area contributed by atoms with Gasteiger partial charge in [0.05, 0.1) is 23.3 Å². The number of nitrogens with one attached hydrogen (secondary N) is 1. The van der Waals surface area contributed by atoms with Gasteiger partial charge in [0.1, 0.15) is 5.76 Å². The Bertz CT molecular complexity index is 1250. The van der Waals surface area contributed by atoms with Crippen molar-refractivity contribution in [2.45, 2.75) is 17.6 Å². The lowest BCUT2D eigenvalue weighted by Gasteiger charge is -2.34. The molecule has 1 fully saturated rings. The number of sulfonamides is 1. The molecule has 1 N–H and O–H groups in total. The number of nitrogens with zero attached hydrogens (tertiary/aromatic N) is 2. The first kappa shape index (κ1) is 23.8. The topological polar surface area (TPSA) is 82.9 Å². The van der Waals surface area contributed by atoms with Crippen molar-refractivity contribution in [1.82, 2.24) is 9.80 Å². The molecule has 7 nitrogen and oxygen atoms in total. The zero-order valence-electron chi connectivity index (χ0n) is 18.0. The average molecular weight is 494 g/mol. The summed E-state index contributed by atoms with van der Waals surface area (Å²) in [6.07, 6.45) is -2.99. The predicted octanol–water partition coefficient (Wildman–Crippen LogP) is 4.06. The number of anilines is 1. The molecule has 1 saturated heterocycles. The fraction of sp³-hybridized carbons (Fsp3) is 0.261. The minimum atomic E-state index is -4.60. The smallest absolute Gasteiger partial charge is 0.416 e. The van der Waals surface area contributed by atoms with Crippen LogP contribution in [0.15, 0.2) is 76.2 Å². The second-order valence-electron chi connectivity index (χ2n) is 7.86. The molecule has 2 aromatic carbocycles. The van der Waals surface area contributed by atoms with Crippen LogP contribution in [0.2, 0.25) is 0 Å². The van der Waals surface area contributed by atoms with Gasteiger partial charge in [0.2, 0.25) is 0 Å². The van der Waals surface area contributed by atoms with E-state index in [1.165, 1.54) is 30.3 Å². The molecular weight excluding hydrogens is 471 g/mol. The van der Waals surface area contributed by atoms with Crippen LogP contribution in [-0.2, 0) is 22.7 Å². The number of rotatable bonds is 6. The monoisotopic (exact) mass is 493 g/mol. The molecule has 0 spiro atoms. The summed E-state index contributed by atoms with van der Waals surface area (Å²) in [5, 5.41) is 0. The molecule has 1 aliphatic heterocycles.